The van der Waals surface area contributed by atoms with Crippen LogP contribution in [0.25, 0.3) is 16.6 Å². The van der Waals surface area contributed by atoms with Gasteiger partial charge in [-0.15, -0.1) is 5.10 Å². The molecule has 0 spiro atoms. The van der Waals surface area contributed by atoms with Gasteiger partial charge >= 0.3 is 0 Å². The fourth-order valence-corrected chi connectivity index (χ4v) is 6.00. The summed E-state index contributed by atoms with van der Waals surface area (Å²) < 4.78 is 42.5. The van der Waals surface area contributed by atoms with Crippen molar-refractivity contribution in [1.82, 2.24) is 19.8 Å². The number of aromatic nitrogens is 4. The normalized spacial score (nSPS) is 14.6. The van der Waals surface area contributed by atoms with Gasteiger partial charge in [0.15, 0.2) is 5.65 Å². The van der Waals surface area contributed by atoms with E-state index in [0.717, 1.165) is 21.1 Å². The number of rotatable bonds is 4. The molecule has 2 aromatic heterocycles. The number of fused-ring (bicyclic) bond motifs is 3. The molecular formula is C25H20BrFN6O2S. The van der Waals surface area contributed by atoms with Crippen LogP contribution in [0.15, 0.2) is 87.2 Å². The van der Waals surface area contributed by atoms with Crippen molar-refractivity contribution in [3.63, 3.8) is 0 Å². The first-order valence-electron chi connectivity index (χ1n) is 11.3. The summed E-state index contributed by atoms with van der Waals surface area (Å²) in [4.78, 5) is 9.27. The van der Waals surface area contributed by atoms with Crippen molar-refractivity contribution >= 4 is 53.8 Å². The summed E-state index contributed by atoms with van der Waals surface area (Å²) in [5.74, 6) is 0.427. The SMILES string of the molecule is O=S(=O)(c1ccc(Br)cc1)c1nnn2c1nc(N1CCN(c3ccc(F)cc3)CC1)c1ccccc12. The number of sulfone groups is 1. The van der Waals surface area contributed by atoms with Gasteiger partial charge < -0.3 is 9.80 Å². The van der Waals surface area contributed by atoms with Crippen LogP contribution in [0.5, 0.6) is 0 Å². The molecule has 0 atom stereocenters. The Labute approximate surface area is 215 Å². The second-order valence-electron chi connectivity index (χ2n) is 8.49. The summed E-state index contributed by atoms with van der Waals surface area (Å²) in [6.45, 7) is 2.77. The summed E-state index contributed by atoms with van der Waals surface area (Å²) in [7, 11) is -3.94. The third-order valence-electron chi connectivity index (χ3n) is 6.35. The highest BCUT2D eigenvalue weighted by atomic mass is 79.9. The van der Waals surface area contributed by atoms with E-state index in [-0.39, 0.29) is 21.4 Å². The summed E-state index contributed by atoms with van der Waals surface area (Å²) in [6.07, 6.45) is 0. The Morgan fingerprint density at radius 2 is 1.50 bits per heavy atom. The topological polar surface area (TPSA) is 83.7 Å². The van der Waals surface area contributed by atoms with Crippen LogP contribution in [0, 0.1) is 5.82 Å². The van der Waals surface area contributed by atoms with Crippen LogP contribution in [-0.2, 0) is 9.84 Å². The molecule has 1 fully saturated rings. The zero-order valence-electron chi connectivity index (χ0n) is 18.9. The largest absolute Gasteiger partial charge is 0.368 e. The van der Waals surface area contributed by atoms with Crippen molar-refractivity contribution in [2.24, 2.45) is 0 Å². The molecule has 3 heterocycles. The molecule has 0 radical (unpaired) electrons. The van der Waals surface area contributed by atoms with Gasteiger partial charge in [0, 0.05) is 41.7 Å². The molecule has 36 heavy (non-hydrogen) atoms. The Balaban J connectivity index is 1.41. The molecule has 0 unspecified atom stereocenters. The van der Waals surface area contributed by atoms with Gasteiger partial charge in [-0.05, 0) is 60.7 Å². The second kappa shape index (κ2) is 8.82. The minimum atomic E-state index is -3.94. The number of benzene rings is 3. The molecule has 0 bridgehead atoms. The lowest BCUT2D eigenvalue weighted by Gasteiger charge is -2.37. The molecule has 3 aromatic carbocycles. The minimum Gasteiger partial charge on any atom is -0.368 e. The van der Waals surface area contributed by atoms with Crippen LogP contribution < -0.4 is 9.80 Å². The monoisotopic (exact) mass is 566 g/mol. The fraction of sp³-hybridized carbons (Fsp3) is 0.160. The van der Waals surface area contributed by atoms with E-state index in [2.05, 4.69) is 36.0 Å². The number of halogens is 2. The van der Waals surface area contributed by atoms with Gasteiger partial charge in [-0.2, -0.15) is 4.52 Å². The van der Waals surface area contributed by atoms with E-state index in [0.29, 0.717) is 32.0 Å². The molecular weight excluding hydrogens is 547 g/mol. The number of para-hydroxylation sites is 1. The molecule has 0 N–H and O–H groups in total. The zero-order chi connectivity index (χ0) is 24.9. The van der Waals surface area contributed by atoms with E-state index < -0.39 is 9.84 Å². The molecule has 1 aliphatic rings. The van der Waals surface area contributed by atoms with E-state index in [1.165, 1.54) is 28.8 Å². The third kappa shape index (κ3) is 3.88. The van der Waals surface area contributed by atoms with Crippen molar-refractivity contribution < 1.29 is 12.8 Å². The molecule has 5 aromatic rings. The quantitative estimate of drug-likeness (QED) is 0.320. The molecule has 1 saturated heterocycles. The zero-order valence-corrected chi connectivity index (χ0v) is 21.3. The van der Waals surface area contributed by atoms with Crippen LogP contribution in [0.3, 0.4) is 0 Å². The maximum Gasteiger partial charge on any atom is 0.229 e. The number of hydrogen-bond acceptors (Lipinski definition) is 7. The highest BCUT2D eigenvalue weighted by molar-refractivity contribution is 9.10. The molecule has 8 nitrogen and oxygen atoms in total. The lowest BCUT2D eigenvalue weighted by atomic mass is 10.2. The van der Waals surface area contributed by atoms with Crippen LogP contribution in [0.4, 0.5) is 15.9 Å². The molecule has 0 aliphatic carbocycles. The number of hydrogen-bond donors (Lipinski definition) is 0. The summed E-state index contributed by atoms with van der Waals surface area (Å²) >= 11 is 3.34. The van der Waals surface area contributed by atoms with E-state index in [9.17, 15) is 12.8 Å². The average Bonchev–Trinajstić information content (AvgIpc) is 3.34. The van der Waals surface area contributed by atoms with Crippen LogP contribution in [-0.4, -0.2) is 54.4 Å². The maximum atomic E-state index is 13.4. The van der Waals surface area contributed by atoms with Crippen molar-refractivity contribution in [2.75, 3.05) is 36.0 Å². The predicted octanol–water partition coefficient (Wildman–Crippen LogP) is 4.34. The highest BCUT2D eigenvalue weighted by Crippen LogP contribution is 2.31. The van der Waals surface area contributed by atoms with Crippen molar-refractivity contribution in [3.8, 4) is 0 Å². The van der Waals surface area contributed by atoms with E-state index >= 15 is 0 Å². The molecule has 6 rings (SSSR count). The Kier molecular flexibility index (Phi) is 5.60. The smallest absolute Gasteiger partial charge is 0.229 e. The summed E-state index contributed by atoms with van der Waals surface area (Å²) in [5, 5.41) is 8.89. The summed E-state index contributed by atoms with van der Waals surface area (Å²) in [6, 6.07) is 20.5. The fourth-order valence-electron chi connectivity index (χ4n) is 4.50. The van der Waals surface area contributed by atoms with Crippen molar-refractivity contribution in [2.45, 2.75) is 9.92 Å². The lowest BCUT2D eigenvalue weighted by Crippen LogP contribution is -2.47. The second-order valence-corrected chi connectivity index (χ2v) is 11.3. The Bertz CT molecular complexity index is 1680. The molecule has 0 saturated carbocycles. The standard InChI is InChI=1S/C25H20BrFN6O2S/c26-17-5-11-20(12-6-17)36(34,35)25-24-28-23(21-3-1-2-4-22(21)33(24)30-29-25)32-15-13-31(14-16-32)19-9-7-18(27)8-10-19/h1-12H,13-16H2. The highest BCUT2D eigenvalue weighted by Gasteiger charge is 2.28. The van der Waals surface area contributed by atoms with E-state index in [1.54, 1.807) is 24.3 Å². The summed E-state index contributed by atoms with van der Waals surface area (Å²) in [5.41, 5.74) is 1.88. The molecule has 0 amide bonds. The number of anilines is 2. The Hall–Kier alpha value is -3.57. The van der Waals surface area contributed by atoms with Gasteiger partial charge in [0.25, 0.3) is 0 Å². The molecule has 1 aliphatic heterocycles. The van der Waals surface area contributed by atoms with Crippen LogP contribution in [0.1, 0.15) is 0 Å². The minimum absolute atomic E-state index is 0.123. The van der Waals surface area contributed by atoms with Crippen LogP contribution >= 0.6 is 15.9 Å². The van der Waals surface area contributed by atoms with Gasteiger partial charge in [0.2, 0.25) is 14.9 Å². The first-order valence-corrected chi connectivity index (χ1v) is 13.6. The van der Waals surface area contributed by atoms with Gasteiger partial charge in [0.1, 0.15) is 11.6 Å². The molecule has 182 valence electrons. The lowest BCUT2D eigenvalue weighted by molar-refractivity contribution is 0.592. The Morgan fingerprint density at radius 3 is 2.22 bits per heavy atom. The van der Waals surface area contributed by atoms with Gasteiger partial charge in [-0.3, -0.25) is 0 Å². The van der Waals surface area contributed by atoms with Crippen molar-refractivity contribution in [1.29, 1.82) is 0 Å². The average molecular weight is 567 g/mol. The number of piperazine rings is 1. The maximum absolute atomic E-state index is 13.4. The third-order valence-corrected chi connectivity index (χ3v) is 8.55. The Morgan fingerprint density at radius 1 is 0.833 bits per heavy atom. The van der Waals surface area contributed by atoms with E-state index in [4.69, 9.17) is 4.98 Å². The van der Waals surface area contributed by atoms with Gasteiger partial charge in [0.05, 0.1) is 10.4 Å². The van der Waals surface area contributed by atoms with Gasteiger partial charge in [-0.1, -0.05) is 33.3 Å². The van der Waals surface area contributed by atoms with Gasteiger partial charge in [-0.25, -0.2) is 17.8 Å². The molecule has 11 heteroatoms. The van der Waals surface area contributed by atoms with Crippen molar-refractivity contribution in [3.05, 3.63) is 83.1 Å². The number of nitrogens with zero attached hydrogens (tertiary/aromatic N) is 6. The predicted molar refractivity (Wildman–Crippen MR) is 139 cm³/mol. The first kappa shape index (κ1) is 22.9. The first-order chi connectivity index (χ1) is 17.4. The van der Waals surface area contributed by atoms with Crippen LogP contribution in [0.2, 0.25) is 0 Å². The van der Waals surface area contributed by atoms with E-state index in [1.807, 2.05) is 24.3 Å².